The van der Waals surface area contributed by atoms with Crippen LogP contribution in [0.3, 0.4) is 0 Å². The lowest BCUT2D eigenvalue weighted by Gasteiger charge is -2.21. The van der Waals surface area contributed by atoms with Gasteiger partial charge in [-0.3, -0.25) is 0 Å². The van der Waals surface area contributed by atoms with E-state index in [1.165, 1.54) is 0 Å². The van der Waals surface area contributed by atoms with Crippen molar-refractivity contribution in [1.82, 2.24) is 0 Å². The Morgan fingerprint density at radius 3 is 2.06 bits per heavy atom. The minimum absolute atomic E-state index is 0.0604. The Labute approximate surface area is 109 Å². The maximum atomic E-state index is 9.07. The van der Waals surface area contributed by atoms with Crippen molar-refractivity contribution in [1.29, 1.82) is 0 Å². The monoisotopic (exact) mass is 265 g/mol. The van der Waals surface area contributed by atoms with Crippen molar-refractivity contribution in [2.75, 3.05) is 53.4 Å². The number of hydrogen-bond acceptors (Lipinski definition) is 6. The van der Waals surface area contributed by atoms with Gasteiger partial charge in [0, 0.05) is 13.2 Å². The van der Waals surface area contributed by atoms with E-state index in [1.807, 2.05) is 6.92 Å². The molecule has 0 saturated heterocycles. The van der Waals surface area contributed by atoms with Gasteiger partial charge in [0.2, 0.25) is 0 Å². The molecule has 6 heteroatoms. The number of nitrogens with two attached hydrogens (primary N) is 1. The maximum absolute atomic E-state index is 9.07. The smallest absolute Gasteiger partial charge is 0.0957 e. The molecule has 18 heavy (non-hydrogen) atoms. The quantitative estimate of drug-likeness (QED) is 0.448. The summed E-state index contributed by atoms with van der Waals surface area (Å²) in [6, 6.07) is -0.132. The van der Waals surface area contributed by atoms with E-state index >= 15 is 0 Å². The van der Waals surface area contributed by atoms with Gasteiger partial charge in [0.25, 0.3) is 0 Å². The first-order valence-corrected chi connectivity index (χ1v) is 6.38. The summed E-state index contributed by atoms with van der Waals surface area (Å²) in [7, 11) is 1.63. The molecule has 0 rings (SSSR count). The van der Waals surface area contributed by atoms with E-state index in [1.54, 1.807) is 7.11 Å². The van der Waals surface area contributed by atoms with E-state index in [0.29, 0.717) is 39.6 Å². The Morgan fingerprint density at radius 2 is 1.56 bits per heavy atom. The molecule has 0 fully saturated rings. The Kier molecular flexibility index (Phi) is 13.0. The summed E-state index contributed by atoms with van der Waals surface area (Å²) in [5.41, 5.74) is 5.78. The molecule has 0 aliphatic rings. The van der Waals surface area contributed by atoms with Gasteiger partial charge in [-0.1, -0.05) is 6.92 Å². The maximum Gasteiger partial charge on any atom is 0.0957 e. The SMILES string of the molecule is CCC(N)C(CO)OCCOCCOCCOC. The van der Waals surface area contributed by atoms with Crippen LogP contribution in [0, 0.1) is 0 Å². The Bertz CT molecular complexity index is 171. The number of aliphatic hydroxyl groups is 1. The molecule has 6 nitrogen and oxygen atoms in total. The molecule has 2 atom stereocenters. The van der Waals surface area contributed by atoms with Crippen molar-refractivity contribution >= 4 is 0 Å². The van der Waals surface area contributed by atoms with Crippen molar-refractivity contribution in [2.24, 2.45) is 5.73 Å². The van der Waals surface area contributed by atoms with Crippen LogP contribution in [0.15, 0.2) is 0 Å². The zero-order chi connectivity index (χ0) is 13.6. The minimum Gasteiger partial charge on any atom is -0.394 e. The molecular weight excluding hydrogens is 238 g/mol. The van der Waals surface area contributed by atoms with E-state index < -0.39 is 0 Å². The number of rotatable bonds is 13. The van der Waals surface area contributed by atoms with Crippen LogP contribution >= 0.6 is 0 Å². The second kappa shape index (κ2) is 13.2. The van der Waals surface area contributed by atoms with Gasteiger partial charge in [0.1, 0.15) is 0 Å². The van der Waals surface area contributed by atoms with Crippen LogP contribution in [-0.4, -0.2) is 70.6 Å². The third kappa shape index (κ3) is 9.76. The molecule has 0 saturated carbocycles. The lowest BCUT2D eigenvalue weighted by molar-refractivity contribution is -0.0397. The van der Waals surface area contributed by atoms with Crippen molar-refractivity contribution in [3.05, 3.63) is 0 Å². The van der Waals surface area contributed by atoms with E-state index in [9.17, 15) is 0 Å². The van der Waals surface area contributed by atoms with Crippen LogP contribution in [0.1, 0.15) is 13.3 Å². The lowest BCUT2D eigenvalue weighted by atomic mass is 10.1. The zero-order valence-corrected chi connectivity index (χ0v) is 11.5. The topological polar surface area (TPSA) is 83.2 Å². The van der Waals surface area contributed by atoms with Crippen molar-refractivity contribution < 1.29 is 24.1 Å². The van der Waals surface area contributed by atoms with Gasteiger partial charge in [0.15, 0.2) is 0 Å². The number of hydrogen-bond donors (Lipinski definition) is 2. The molecule has 0 aliphatic carbocycles. The summed E-state index contributed by atoms with van der Waals surface area (Å²) >= 11 is 0. The highest BCUT2D eigenvalue weighted by molar-refractivity contribution is 4.70. The first kappa shape index (κ1) is 17.8. The molecule has 0 aromatic carbocycles. The van der Waals surface area contributed by atoms with Gasteiger partial charge in [-0.05, 0) is 6.42 Å². The van der Waals surface area contributed by atoms with E-state index in [-0.39, 0.29) is 18.8 Å². The van der Waals surface area contributed by atoms with Crippen molar-refractivity contribution in [3.63, 3.8) is 0 Å². The van der Waals surface area contributed by atoms with E-state index in [4.69, 9.17) is 29.8 Å². The fraction of sp³-hybridized carbons (Fsp3) is 1.00. The third-order valence-corrected chi connectivity index (χ3v) is 2.49. The zero-order valence-electron chi connectivity index (χ0n) is 11.5. The molecular formula is C12H27NO5. The van der Waals surface area contributed by atoms with E-state index in [0.717, 1.165) is 6.42 Å². The molecule has 0 radical (unpaired) electrons. The van der Waals surface area contributed by atoms with Crippen molar-refractivity contribution in [3.8, 4) is 0 Å². The van der Waals surface area contributed by atoms with Gasteiger partial charge in [-0.2, -0.15) is 0 Å². The molecule has 2 unspecified atom stereocenters. The fourth-order valence-corrected chi connectivity index (χ4v) is 1.30. The normalized spacial score (nSPS) is 14.7. The summed E-state index contributed by atoms with van der Waals surface area (Å²) in [6.07, 6.45) is 0.468. The average Bonchev–Trinajstić information content (AvgIpc) is 2.40. The Morgan fingerprint density at radius 1 is 1.00 bits per heavy atom. The standard InChI is InChI=1S/C12H27NO5/c1-3-11(13)12(10-14)18-9-8-17-7-6-16-5-4-15-2/h11-12,14H,3-10,13H2,1-2H3. The van der Waals surface area contributed by atoms with Crippen LogP contribution in [0.2, 0.25) is 0 Å². The third-order valence-electron chi connectivity index (χ3n) is 2.49. The van der Waals surface area contributed by atoms with Crippen LogP contribution in [-0.2, 0) is 18.9 Å². The second-order valence-corrected chi connectivity index (χ2v) is 3.88. The van der Waals surface area contributed by atoms with Crippen LogP contribution in [0.25, 0.3) is 0 Å². The first-order valence-electron chi connectivity index (χ1n) is 6.38. The van der Waals surface area contributed by atoms with Crippen LogP contribution in [0.5, 0.6) is 0 Å². The predicted molar refractivity (Wildman–Crippen MR) is 68.6 cm³/mol. The predicted octanol–water partition coefficient (Wildman–Crippen LogP) is -0.219. The molecule has 0 aromatic heterocycles. The summed E-state index contributed by atoms with van der Waals surface area (Å²) in [6.45, 7) is 5.04. The van der Waals surface area contributed by atoms with Gasteiger partial charge in [0.05, 0.1) is 52.4 Å². The molecule has 0 bridgehead atoms. The van der Waals surface area contributed by atoms with Crippen molar-refractivity contribution in [2.45, 2.75) is 25.5 Å². The van der Waals surface area contributed by atoms with Gasteiger partial charge < -0.3 is 29.8 Å². The van der Waals surface area contributed by atoms with Gasteiger partial charge >= 0.3 is 0 Å². The number of methoxy groups -OCH3 is 1. The van der Waals surface area contributed by atoms with E-state index in [2.05, 4.69) is 0 Å². The highest BCUT2D eigenvalue weighted by Crippen LogP contribution is 2.00. The van der Waals surface area contributed by atoms with Gasteiger partial charge in [-0.15, -0.1) is 0 Å². The Balaban J connectivity index is 3.28. The molecule has 0 amide bonds. The summed E-state index contributed by atoms with van der Waals surface area (Å²) in [5, 5.41) is 9.07. The lowest BCUT2D eigenvalue weighted by Crippen LogP contribution is -2.39. The average molecular weight is 265 g/mol. The molecule has 0 aromatic rings. The summed E-state index contributed by atoms with van der Waals surface area (Å²) in [4.78, 5) is 0. The molecule has 0 aliphatic heterocycles. The summed E-state index contributed by atoms with van der Waals surface area (Å²) in [5.74, 6) is 0. The largest absolute Gasteiger partial charge is 0.394 e. The number of aliphatic hydroxyl groups excluding tert-OH is 1. The molecule has 0 heterocycles. The Hall–Kier alpha value is -0.240. The fourth-order valence-electron chi connectivity index (χ4n) is 1.30. The first-order chi connectivity index (χ1) is 8.76. The second-order valence-electron chi connectivity index (χ2n) is 3.88. The highest BCUT2D eigenvalue weighted by Gasteiger charge is 2.15. The number of ether oxygens (including phenoxy) is 4. The van der Waals surface area contributed by atoms with Gasteiger partial charge in [-0.25, -0.2) is 0 Å². The van der Waals surface area contributed by atoms with Crippen LogP contribution in [0.4, 0.5) is 0 Å². The van der Waals surface area contributed by atoms with Crippen LogP contribution < -0.4 is 5.73 Å². The summed E-state index contributed by atoms with van der Waals surface area (Å²) < 4.78 is 20.8. The molecule has 3 N–H and O–H groups in total. The minimum atomic E-state index is -0.309. The molecule has 0 spiro atoms. The molecule has 110 valence electrons. The highest BCUT2D eigenvalue weighted by atomic mass is 16.6.